The summed E-state index contributed by atoms with van der Waals surface area (Å²) in [6.45, 7) is 3.30. The molecule has 1 aliphatic heterocycles. The summed E-state index contributed by atoms with van der Waals surface area (Å²) in [7, 11) is 1.80. The minimum absolute atomic E-state index is 0.223. The van der Waals surface area contributed by atoms with Crippen molar-refractivity contribution in [3.63, 3.8) is 0 Å². The third kappa shape index (κ3) is 5.57. The largest absolute Gasteiger partial charge is 0.370 e. The van der Waals surface area contributed by atoms with Crippen molar-refractivity contribution in [1.82, 2.24) is 19.8 Å². The first-order valence-electron chi connectivity index (χ1n) is 9.41. The number of hydrogen-bond donors (Lipinski definition) is 2. The van der Waals surface area contributed by atoms with Gasteiger partial charge < -0.3 is 20.5 Å². The molecule has 1 saturated heterocycles. The summed E-state index contributed by atoms with van der Waals surface area (Å²) < 4.78 is 2.05. The molecule has 0 radical (unpaired) electrons. The Morgan fingerprint density at radius 3 is 3.00 bits per heavy atom. The quantitative estimate of drug-likeness (QED) is 0.599. The van der Waals surface area contributed by atoms with E-state index in [1.807, 2.05) is 12.5 Å². The summed E-state index contributed by atoms with van der Waals surface area (Å²) in [5, 5.41) is 3.46. The lowest BCUT2D eigenvalue weighted by Gasteiger charge is -2.34. The molecule has 2 aromatic rings. The molecule has 0 bridgehead atoms. The number of likely N-dealkylation sites (tertiary alicyclic amines) is 1. The van der Waals surface area contributed by atoms with Crippen LogP contribution in [0.15, 0.2) is 48.0 Å². The van der Waals surface area contributed by atoms with Crippen LogP contribution >= 0.6 is 0 Å². The predicted octanol–water partition coefficient (Wildman–Crippen LogP) is 1.59. The molecule has 1 atom stereocenters. The summed E-state index contributed by atoms with van der Waals surface area (Å²) >= 11 is 0. The third-order valence-electron chi connectivity index (χ3n) is 4.89. The minimum atomic E-state index is -0.223. The number of nitrogens with one attached hydrogen (secondary N) is 1. The second-order valence-corrected chi connectivity index (χ2v) is 7.08. The molecule has 1 unspecified atom stereocenters. The lowest BCUT2D eigenvalue weighted by atomic mass is 9.95. The summed E-state index contributed by atoms with van der Waals surface area (Å²) in [5.74, 6) is 0.969. The molecule has 1 aromatic carbocycles. The van der Waals surface area contributed by atoms with Gasteiger partial charge >= 0.3 is 0 Å². The fraction of sp³-hybridized carbons (Fsp3) is 0.450. The highest BCUT2D eigenvalue weighted by Gasteiger charge is 2.23. The topological polar surface area (TPSA) is 88.5 Å². The molecule has 3 rings (SSSR count). The SMILES string of the molecule is CN=C(NCc1cccc(Cn2ccnc2)c1)N1CCCC(CC(N)=O)C1. The average molecular weight is 368 g/mol. The Balaban J connectivity index is 1.57. The van der Waals surface area contributed by atoms with Crippen LogP contribution in [0.4, 0.5) is 0 Å². The number of hydrogen-bond acceptors (Lipinski definition) is 3. The van der Waals surface area contributed by atoms with Crippen molar-refractivity contribution in [2.45, 2.75) is 32.4 Å². The lowest BCUT2D eigenvalue weighted by molar-refractivity contribution is -0.119. The van der Waals surface area contributed by atoms with Crippen LogP contribution in [0, 0.1) is 5.92 Å². The number of carbonyl (C=O) groups excluding carboxylic acids is 1. The standard InChI is InChI=1S/C20H28N6O/c1-22-20(26-8-3-6-18(14-26)11-19(21)27)24-12-16-4-2-5-17(10-16)13-25-9-7-23-15-25/h2,4-5,7,9-10,15,18H,3,6,8,11-14H2,1H3,(H2,21,27)(H,22,24). The number of guanidine groups is 1. The maximum absolute atomic E-state index is 11.2. The Hall–Kier alpha value is -2.83. The molecule has 7 nitrogen and oxygen atoms in total. The fourth-order valence-electron chi connectivity index (χ4n) is 3.65. The second kappa shape index (κ2) is 9.21. The van der Waals surface area contributed by atoms with Gasteiger partial charge in [0.2, 0.25) is 5.91 Å². The van der Waals surface area contributed by atoms with Crippen molar-refractivity contribution in [2.75, 3.05) is 20.1 Å². The normalized spacial score (nSPS) is 17.7. The smallest absolute Gasteiger partial charge is 0.217 e. The van der Waals surface area contributed by atoms with Gasteiger partial charge in [0.25, 0.3) is 0 Å². The molecule has 0 spiro atoms. The van der Waals surface area contributed by atoms with Crippen molar-refractivity contribution >= 4 is 11.9 Å². The molecule has 0 saturated carbocycles. The number of primary amides is 1. The zero-order chi connectivity index (χ0) is 19.1. The molecule has 7 heteroatoms. The average Bonchev–Trinajstić information content (AvgIpc) is 3.15. The molecule has 1 aliphatic rings. The Bertz CT molecular complexity index is 771. The highest BCUT2D eigenvalue weighted by Crippen LogP contribution is 2.19. The van der Waals surface area contributed by atoms with E-state index < -0.39 is 0 Å². The molecule has 1 amide bonds. The van der Waals surface area contributed by atoms with E-state index in [0.29, 0.717) is 18.9 Å². The van der Waals surface area contributed by atoms with Gasteiger partial charge in [-0.05, 0) is 29.9 Å². The third-order valence-corrected chi connectivity index (χ3v) is 4.89. The molecule has 144 valence electrons. The van der Waals surface area contributed by atoms with Crippen LogP contribution in [0.5, 0.6) is 0 Å². The van der Waals surface area contributed by atoms with Gasteiger partial charge in [-0.3, -0.25) is 9.79 Å². The summed E-state index contributed by atoms with van der Waals surface area (Å²) in [5.41, 5.74) is 7.81. The van der Waals surface area contributed by atoms with E-state index in [1.54, 1.807) is 13.2 Å². The number of piperidine rings is 1. The number of carbonyl (C=O) groups is 1. The van der Waals surface area contributed by atoms with Crippen LogP contribution in [0.25, 0.3) is 0 Å². The van der Waals surface area contributed by atoms with Gasteiger partial charge in [-0.15, -0.1) is 0 Å². The van der Waals surface area contributed by atoms with Crippen molar-refractivity contribution in [1.29, 1.82) is 0 Å². The first kappa shape index (κ1) is 18.9. The molecular weight excluding hydrogens is 340 g/mol. The number of imidazole rings is 1. The predicted molar refractivity (Wildman–Crippen MR) is 106 cm³/mol. The number of rotatable bonds is 6. The summed E-state index contributed by atoms with van der Waals surface area (Å²) in [4.78, 5) is 22.0. The van der Waals surface area contributed by atoms with Gasteiger partial charge in [-0.25, -0.2) is 4.98 Å². The van der Waals surface area contributed by atoms with Crippen LogP contribution in [-0.4, -0.2) is 46.5 Å². The van der Waals surface area contributed by atoms with Gasteiger partial charge in [0.05, 0.1) is 6.33 Å². The summed E-state index contributed by atoms with van der Waals surface area (Å²) in [6.07, 6.45) is 8.13. The van der Waals surface area contributed by atoms with Gasteiger partial charge in [-0.1, -0.05) is 24.3 Å². The molecule has 0 aliphatic carbocycles. The highest BCUT2D eigenvalue weighted by molar-refractivity contribution is 5.80. The second-order valence-electron chi connectivity index (χ2n) is 7.08. The van der Waals surface area contributed by atoms with Gasteiger partial charge in [0.1, 0.15) is 0 Å². The Labute approximate surface area is 160 Å². The molecular formula is C20H28N6O. The molecule has 27 heavy (non-hydrogen) atoms. The van der Waals surface area contributed by atoms with Crippen molar-refractivity contribution in [2.24, 2.45) is 16.6 Å². The number of aromatic nitrogens is 2. The van der Waals surface area contributed by atoms with E-state index in [-0.39, 0.29) is 5.91 Å². The molecule has 3 N–H and O–H groups in total. The van der Waals surface area contributed by atoms with E-state index in [1.165, 1.54) is 11.1 Å². The fourth-order valence-corrected chi connectivity index (χ4v) is 3.65. The highest BCUT2D eigenvalue weighted by atomic mass is 16.1. The van der Waals surface area contributed by atoms with Gasteiger partial charge in [0.15, 0.2) is 5.96 Å². The maximum Gasteiger partial charge on any atom is 0.217 e. The number of aliphatic imine (C=N–C) groups is 1. The van der Waals surface area contributed by atoms with Gasteiger partial charge in [0, 0.05) is 52.0 Å². The minimum Gasteiger partial charge on any atom is -0.370 e. The molecule has 1 aromatic heterocycles. The number of nitrogens with zero attached hydrogens (tertiary/aromatic N) is 4. The Morgan fingerprint density at radius 1 is 1.41 bits per heavy atom. The van der Waals surface area contributed by atoms with Crippen LogP contribution < -0.4 is 11.1 Å². The first-order valence-corrected chi connectivity index (χ1v) is 9.41. The first-order chi connectivity index (χ1) is 13.1. The van der Waals surface area contributed by atoms with Crippen molar-refractivity contribution < 1.29 is 4.79 Å². The van der Waals surface area contributed by atoms with Gasteiger partial charge in [-0.2, -0.15) is 0 Å². The Morgan fingerprint density at radius 2 is 2.26 bits per heavy atom. The van der Waals surface area contributed by atoms with E-state index >= 15 is 0 Å². The number of nitrogens with two attached hydrogens (primary N) is 1. The van der Waals surface area contributed by atoms with E-state index in [0.717, 1.165) is 38.4 Å². The lowest BCUT2D eigenvalue weighted by Crippen LogP contribution is -2.46. The van der Waals surface area contributed by atoms with Crippen molar-refractivity contribution in [3.8, 4) is 0 Å². The monoisotopic (exact) mass is 368 g/mol. The zero-order valence-electron chi connectivity index (χ0n) is 15.8. The van der Waals surface area contributed by atoms with Crippen LogP contribution in [-0.2, 0) is 17.9 Å². The Kier molecular flexibility index (Phi) is 6.46. The molecule has 1 fully saturated rings. The van der Waals surface area contributed by atoms with E-state index in [2.05, 4.69) is 49.0 Å². The maximum atomic E-state index is 11.2. The summed E-state index contributed by atoms with van der Waals surface area (Å²) in [6, 6.07) is 8.52. The van der Waals surface area contributed by atoms with Crippen LogP contribution in [0.3, 0.4) is 0 Å². The zero-order valence-corrected chi connectivity index (χ0v) is 15.8. The van der Waals surface area contributed by atoms with E-state index in [9.17, 15) is 4.79 Å². The van der Waals surface area contributed by atoms with E-state index in [4.69, 9.17) is 5.73 Å². The molecule has 2 heterocycles. The number of amides is 1. The van der Waals surface area contributed by atoms with Crippen LogP contribution in [0.2, 0.25) is 0 Å². The number of benzene rings is 1. The van der Waals surface area contributed by atoms with Crippen LogP contribution in [0.1, 0.15) is 30.4 Å². The van der Waals surface area contributed by atoms with Crippen molar-refractivity contribution in [3.05, 3.63) is 54.1 Å².